The second kappa shape index (κ2) is 6.95. The first-order valence-electron chi connectivity index (χ1n) is 6.26. The smallest absolute Gasteiger partial charge is 0.336 e. The zero-order valence-corrected chi connectivity index (χ0v) is 12.7. The molecular formula is C14H16Cl2O4. The van der Waals surface area contributed by atoms with E-state index >= 15 is 0 Å². The van der Waals surface area contributed by atoms with Crippen LogP contribution in [0, 0.1) is 0 Å². The van der Waals surface area contributed by atoms with Gasteiger partial charge in [0, 0.05) is 0 Å². The zero-order chi connectivity index (χ0) is 15.4. The molecule has 110 valence electrons. The van der Waals surface area contributed by atoms with Gasteiger partial charge in [0.25, 0.3) is 0 Å². The molecular weight excluding hydrogens is 303 g/mol. The molecule has 1 rings (SSSR count). The lowest BCUT2D eigenvalue weighted by atomic mass is 9.90. The van der Waals surface area contributed by atoms with Crippen LogP contribution in [0.25, 0.3) is 0 Å². The van der Waals surface area contributed by atoms with Crippen LogP contribution in [0.15, 0.2) is 12.1 Å². The Morgan fingerprint density at radius 2 is 1.60 bits per heavy atom. The summed E-state index contributed by atoms with van der Waals surface area (Å²) >= 11 is 12.4. The largest absolute Gasteiger partial charge is 0.478 e. The number of alkyl halides is 2. The summed E-state index contributed by atoms with van der Waals surface area (Å²) in [6, 6.07) is 2.83. The fourth-order valence-electron chi connectivity index (χ4n) is 2.08. The first-order chi connectivity index (χ1) is 9.34. The number of halogens is 2. The van der Waals surface area contributed by atoms with Gasteiger partial charge in [-0.2, -0.15) is 0 Å². The van der Waals surface area contributed by atoms with Gasteiger partial charge in [0.15, 0.2) is 0 Å². The monoisotopic (exact) mass is 318 g/mol. The van der Waals surface area contributed by atoms with Crippen LogP contribution in [0.3, 0.4) is 0 Å². The van der Waals surface area contributed by atoms with E-state index in [1.54, 1.807) is 13.0 Å². The third-order valence-electron chi connectivity index (χ3n) is 3.09. The van der Waals surface area contributed by atoms with E-state index in [2.05, 4.69) is 0 Å². The third kappa shape index (κ3) is 3.25. The third-order valence-corrected chi connectivity index (χ3v) is 4.16. The number of aromatic carboxylic acids is 2. The Bertz CT molecular complexity index is 528. The summed E-state index contributed by atoms with van der Waals surface area (Å²) in [4.78, 5) is 22.7. The molecule has 0 aromatic heterocycles. The number of rotatable bonds is 6. The average molecular weight is 319 g/mol. The number of hydrogen-bond acceptors (Lipinski definition) is 2. The van der Waals surface area contributed by atoms with Crippen LogP contribution in [0.4, 0.5) is 0 Å². The summed E-state index contributed by atoms with van der Waals surface area (Å²) in [7, 11) is 0. The van der Waals surface area contributed by atoms with E-state index in [-0.39, 0.29) is 11.1 Å². The zero-order valence-electron chi connectivity index (χ0n) is 11.2. The summed E-state index contributed by atoms with van der Waals surface area (Å²) in [5, 5.41) is 17.5. The van der Waals surface area contributed by atoms with Crippen molar-refractivity contribution >= 4 is 35.1 Å². The van der Waals surface area contributed by atoms with E-state index in [9.17, 15) is 14.7 Å². The van der Waals surface area contributed by atoms with Crippen LogP contribution in [0.5, 0.6) is 0 Å². The highest BCUT2D eigenvalue weighted by atomic mass is 35.5. The van der Waals surface area contributed by atoms with Gasteiger partial charge < -0.3 is 10.2 Å². The summed E-state index contributed by atoms with van der Waals surface area (Å²) in [6.07, 6.45) is 1.07. The molecule has 0 aliphatic carbocycles. The van der Waals surface area contributed by atoms with Crippen LogP contribution in [-0.4, -0.2) is 22.2 Å². The minimum Gasteiger partial charge on any atom is -0.478 e. The van der Waals surface area contributed by atoms with Crippen LogP contribution in [0.2, 0.25) is 0 Å². The van der Waals surface area contributed by atoms with Gasteiger partial charge in [-0.25, -0.2) is 9.59 Å². The minimum absolute atomic E-state index is 0.268. The van der Waals surface area contributed by atoms with E-state index < -0.39 is 22.7 Å². The summed E-state index contributed by atoms with van der Waals surface area (Å²) < 4.78 is 0. The molecule has 20 heavy (non-hydrogen) atoms. The van der Waals surface area contributed by atoms with Gasteiger partial charge in [-0.05, 0) is 30.0 Å². The van der Waals surface area contributed by atoms with Crippen molar-refractivity contribution in [1.29, 1.82) is 0 Å². The van der Waals surface area contributed by atoms with Crippen molar-refractivity contribution in [3.8, 4) is 0 Å². The topological polar surface area (TPSA) is 74.6 Å². The maximum Gasteiger partial charge on any atom is 0.336 e. The number of hydrogen-bond donors (Lipinski definition) is 2. The molecule has 0 spiro atoms. The summed E-state index contributed by atoms with van der Waals surface area (Å²) in [5.41, 5.74) is 0.355. The molecule has 0 aliphatic rings. The van der Waals surface area contributed by atoms with Gasteiger partial charge in [-0.1, -0.05) is 19.9 Å². The Morgan fingerprint density at radius 3 is 2.00 bits per heavy atom. The number of benzene rings is 1. The van der Waals surface area contributed by atoms with Crippen molar-refractivity contribution in [2.45, 2.75) is 37.4 Å². The molecule has 0 heterocycles. The van der Waals surface area contributed by atoms with Crippen molar-refractivity contribution in [2.75, 3.05) is 0 Å². The predicted molar refractivity (Wildman–Crippen MR) is 78.1 cm³/mol. The highest BCUT2D eigenvalue weighted by Gasteiger charge is 2.28. The molecule has 0 saturated carbocycles. The van der Waals surface area contributed by atoms with Crippen molar-refractivity contribution < 1.29 is 19.8 Å². The summed E-state index contributed by atoms with van der Waals surface area (Å²) in [6.45, 7) is 3.66. The molecule has 2 unspecified atom stereocenters. The fraction of sp³-hybridized carbons (Fsp3) is 0.429. The molecule has 6 heteroatoms. The Labute approximate surface area is 127 Å². The number of carboxylic acids is 2. The standard InChI is InChI=1S/C14H16Cl2O4/c1-3-9(15)7-5-6-8(13(17)18)12(14(19)20)11(7)10(16)4-2/h5-6,9-10H,3-4H2,1-2H3,(H,17,18)(H,19,20). The maximum atomic E-state index is 11.5. The Balaban J connectivity index is 3.70. The molecule has 1 aromatic carbocycles. The predicted octanol–water partition coefficient (Wildman–Crippen LogP) is 4.46. The summed E-state index contributed by atoms with van der Waals surface area (Å²) in [5.74, 6) is -2.60. The van der Waals surface area contributed by atoms with Gasteiger partial charge in [0.05, 0.1) is 21.9 Å². The average Bonchev–Trinajstić information content (AvgIpc) is 2.43. The van der Waals surface area contributed by atoms with Crippen LogP contribution >= 0.6 is 23.2 Å². The minimum atomic E-state index is -1.31. The van der Waals surface area contributed by atoms with Gasteiger partial charge in [0.1, 0.15) is 0 Å². The SMILES string of the molecule is CCC(Cl)c1ccc(C(=O)O)c(C(=O)O)c1C(Cl)CC. The van der Waals surface area contributed by atoms with E-state index in [0.29, 0.717) is 24.0 Å². The molecule has 0 aliphatic heterocycles. The van der Waals surface area contributed by atoms with Crippen molar-refractivity contribution in [2.24, 2.45) is 0 Å². The normalized spacial score (nSPS) is 13.8. The lowest BCUT2D eigenvalue weighted by Crippen LogP contribution is -2.15. The number of carboxylic acid groups (broad SMARTS) is 2. The Hall–Kier alpha value is -1.26. The van der Waals surface area contributed by atoms with Crippen LogP contribution in [0.1, 0.15) is 69.3 Å². The van der Waals surface area contributed by atoms with Crippen LogP contribution in [-0.2, 0) is 0 Å². The molecule has 0 amide bonds. The van der Waals surface area contributed by atoms with Gasteiger partial charge in [-0.15, -0.1) is 23.2 Å². The first-order valence-corrected chi connectivity index (χ1v) is 7.13. The second-order valence-electron chi connectivity index (χ2n) is 4.35. The molecule has 0 fully saturated rings. The first kappa shape index (κ1) is 16.8. The Morgan fingerprint density at radius 1 is 1.05 bits per heavy atom. The molecule has 0 radical (unpaired) electrons. The second-order valence-corrected chi connectivity index (χ2v) is 5.41. The highest BCUT2D eigenvalue weighted by molar-refractivity contribution is 6.23. The van der Waals surface area contributed by atoms with Crippen molar-refractivity contribution in [3.05, 3.63) is 34.4 Å². The lowest BCUT2D eigenvalue weighted by Gasteiger charge is -2.20. The molecule has 1 aromatic rings. The van der Waals surface area contributed by atoms with Crippen molar-refractivity contribution in [3.63, 3.8) is 0 Å². The van der Waals surface area contributed by atoms with Gasteiger partial charge >= 0.3 is 11.9 Å². The molecule has 0 saturated heterocycles. The highest BCUT2D eigenvalue weighted by Crippen LogP contribution is 2.38. The molecule has 2 N–H and O–H groups in total. The molecule has 4 nitrogen and oxygen atoms in total. The van der Waals surface area contributed by atoms with E-state index in [1.807, 2.05) is 6.92 Å². The van der Waals surface area contributed by atoms with Gasteiger partial charge in [-0.3, -0.25) is 0 Å². The van der Waals surface area contributed by atoms with Gasteiger partial charge in [0.2, 0.25) is 0 Å². The fourth-order valence-corrected chi connectivity index (χ4v) is 2.50. The lowest BCUT2D eigenvalue weighted by molar-refractivity contribution is 0.0650. The van der Waals surface area contributed by atoms with E-state index in [4.69, 9.17) is 28.3 Å². The molecule has 0 bridgehead atoms. The molecule has 2 atom stereocenters. The van der Waals surface area contributed by atoms with Crippen molar-refractivity contribution in [1.82, 2.24) is 0 Å². The maximum absolute atomic E-state index is 11.5. The quantitative estimate of drug-likeness (QED) is 0.759. The Kier molecular flexibility index (Phi) is 5.84. The van der Waals surface area contributed by atoms with E-state index in [1.165, 1.54) is 6.07 Å². The van der Waals surface area contributed by atoms with E-state index in [0.717, 1.165) is 0 Å². The van der Waals surface area contributed by atoms with Crippen LogP contribution < -0.4 is 0 Å². The number of carbonyl (C=O) groups is 2.